The average molecular weight is 218 g/mol. The highest BCUT2D eigenvalue weighted by molar-refractivity contribution is 6.33. The van der Waals surface area contributed by atoms with E-state index in [1.165, 1.54) is 0 Å². The van der Waals surface area contributed by atoms with Crippen molar-refractivity contribution in [2.75, 3.05) is 13.6 Å². The zero-order valence-corrected chi connectivity index (χ0v) is 9.36. The highest BCUT2D eigenvalue weighted by Gasteiger charge is 2.03. The topological polar surface area (TPSA) is 3.24 Å². The molecule has 0 radical (unpaired) electrons. The fourth-order valence-corrected chi connectivity index (χ4v) is 1.44. The molecule has 1 nitrogen and oxygen atoms in total. The Bertz CT molecular complexity index is 286. The van der Waals surface area contributed by atoms with Crippen molar-refractivity contribution in [3.05, 3.63) is 33.8 Å². The first-order valence-electron chi connectivity index (χ1n) is 4.26. The van der Waals surface area contributed by atoms with Crippen molar-refractivity contribution in [2.24, 2.45) is 0 Å². The minimum atomic E-state index is 0.740. The van der Waals surface area contributed by atoms with E-state index in [1.807, 2.05) is 12.1 Å². The maximum absolute atomic E-state index is 6.01. The van der Waals surface area contributed by atoms with E-state index in [1.54, 1.807) is 6.07 Å². The van der Waals surface area contributed by atoms with Crippen molar-refractivity contribution >= 4 is 23.2 Å². The van der Waals surface area contributed by atoms with Gasteiger partial charge >= 0.3 is 0 Å². The van der Waals surface area contributed by atoms with Crippen LogP contribution in [0.4, 0.5) is 0 Å². The SMILES string of the molecule is CCN(C)Cc1cc(Cl)ccc1Cl. The van der Waals surface area contributed by atoms with Gasteiger partial charge in [-0.15, -0.1) is 0 Å². The van der Waals surface area contributed by atoms with Crippen molar-refractivity contribution < 1.29 is 0 Å². The summed E-state index contributed by atoms with van der Waals surface area (Å²) in [6.45, 7) is 3.96. The Morgan fingerprint density at radius 1 is 1.31 bits per heavy atom. The van der Waals surface area contributed by atoms with Gasteiger partial charge in [0, 0.05) is 16.6 Å². The number of rotatable bonds is 3. The zero-order chi connectivity index (χ0) is 9.84. The highest BCUT2D eigenvalue weighted by Crippen LogP contribution is 2.21. The standard InChI is InChI=1S/C10H13Cl2N/c1-3-13(2)7-8-6-9(11)4-5-10(8)12/h4-6H,3,7H2,1-2H3. The molecule has 0 spiro atoms. The maximum Gasteiger partial charge on any atom is 0.0452 e. The van der Waals surface area contributed by atoms with Gasteiger partial charge in [0.05, 0.1) is 0 Å². The van der Waals surface area contributed by atoms with Crippen LogP contribution < -0.4 is 0 Å². The number of hydrogen-bond acceptors (Lipinski definition) is 1. The summed E-state index contributed by atoms with van der Waals surface area (Å²) in [7, 11) is 2.05. The highest BCUT2D eigenvalue weighted by atomic mass is 35.5. The van der Waals surface area contributed by atoms with Crippen LogP contribution in [0.1, 0.15) is 12.5 Å². The summed E-state index contributed by atoms with van der Waals surface area (Å²) in [5.74, 6) is 0. The average Bonchev–Trinajstić information content (AvgIpc) is 2.11. The number of nitrogens with zero attached hydrogens (tertiary/aromatic N) is 1. The molecule has 0 saturated heterocycles. The summed E-state index contributed by atoms with van der Waals surface area (Å²) in [5.41, 5.74) is 1.08. The predicted octanol–water partition coefficient (Wildman–Crippen LogP) is 3.45. The molecule has 0 heterocycles. The smallest absolute Gasteiger partial charge is 0.0452 e. The van der Waals surface area contributed by atoms with Crippen LogP contribution in [-0.2, 0) is 6.54 Å². The molecule has 0 unspecified atom stereocenters. The first kappa shape index (κ1) is 10.8. The molecule has 0 N–H and O–H groups in total. The van der Waals surface area contributed by atoms with E-state index < -0.39 is 0 Å². The van der Waals surface area contributed by atoms with Crippen LogP contribution in [0.25, 0.3) is 0 Å². The minimum absolute atomic E-state index is 0.740. The Morgan fingerprint density at radius 3 is 2.62 bits per heavy atom. The molecular formula is C10H13Cl2N. The van der Waals surface area contributed by atoms with Gasteiger partial charge in [-0.3, -0.25) is 0 Å². The van der Waals surface area contributed by atoms with Crippen molar-refractivity contribution in [3.63, 3.8) is 0 Å². The molecule has 1 aromatic carbocycles. The van der Waals surface area contributed by atoms with Crippen molar-refractivity contribution in [3.8, 4) is 0 Å². The second-order valence-electron chi connectivity index (χ2n) is 3.07. The van der Waals surface area contributed by atoms with E-state index in [4.69, 9.17) is 23.2 Å². The molecule has 0 aromatic heterocycles. The summed E-state index contributed by atoms with van der Waals surface area (Å²) in [6, 6.07) is 5.55. The van der Waals surface area contributed by atoms with Gasteiger partial charge in [0.25, 0.3) is 0 Å². The zero-order valence-electron chi connectivity index (χ0n) is 7.85. The third kappa shape index (κ3) is 3.18. The van der Waals surface area contributed by atoms with Gasteiger partial charge in [0.15, 0.2) is 0 Å². The lowest BCUT2D eigenvalue weighted by molar-refractivity contribution is 0.346. The first-order chi connectivity index (χ1) is 6.13. The van der Waals surface area contributed by atoms with E-state index in [2.05, 4.69) is 18.9 Å². The molecule has 13 heavy (non-hydrogen) atoms. The number of halogens is 2. The largest absolute Gasteiger partial charge is 0.302 e. The van der Waals surface area contributed by atoms with Crippen molar-refractivity contribution in [1.82, 2.24) is 4.90 Å². The van der Waals surface area contributed by atoms with Crippen LogP contribution in [0.2, 0.25) is 10.0 Å². The van der Waals surface area contributed by atoms with Gasteiger partial charge in [-0.1, -0.05) is 30.1 Å². The van der Waals surface area contributed by atoms with E-state index in [-0.39, 0.29) is 0 Å². The molecular weight excluding hydrogens is 205 g/mol. The molecule has 0 aliphatic rings. The van der Waals surface area contributed by atoms with Crippen molar-refractivity contribution in [2.45, 2.75) is 13.5 Å². The molecule has 1 aromatic rings. The fourth-order valence-electron chi connectivity index (χ4n) is 1.07. The Labute approximate surface area is 89.3 Å². The molecule has 3 heteroatoms. The monoisotopic (exact) mass is 217 g/mol. The molecule has 72 valence electrons. The lowest BCUT2D eigenvalue weighted by Gasteiger charge is -2.14. The summed E-state index contributed by atoms with van der Waals surface area (Å²) >= 11 is 11.9. The van der Waals surface area contributed by atoms with Crippen molar-refractivity contribution in [1.29, 1.82) is 0 Å². The van der Waals surface area contributed by atoms with E-state index in [9.17, 15) is 0 Å². The molecule has 0 fully saturated rings. The van der Waals surface area contributed by atoms with Gasteiger partial charge in [-0.05, 0) is 37.4 Å². The lowest BCUT2D eigenvalue weighted by Crippen LogP contribution is -2.16. The van der Waals surface area contributed by atoms with Crippen LogP contribution in [0.3, 0.4) is 0 Å². The Morgan fingerprint density at radius 2 is 2.00 bits per heavy atom. The summed E-state index contributed by atoms with van der Waals surface area (Å²) in [6.07, 6.45) is 0. The summed E-state index contributed by atoms with van der Waals surface area (Å²) < 4.78 is 0. The van der Waals surface area contributed by atoms with Gasteiger partial charge in [-0.2, -0.15) is 0 Å². The molecule has 0 aliphatic carbocycles. The number of hydrogen-bond donors (Lipinski definition) is 0. The van der Waals surface area contributed by atoms with Gasteiger partial charge in [0.2, 0.25) is 0 Å². The maximum atomic E-state index is 6.01. The minimum Gasteiger partial charge on any atom is -0.302 e. The van der Waals surface area contributed by atoms with Gasteiger partial charge < -0.3 is 4.90 Å². The third-order valence-corrected chi connectivity index (χ3v) is 2.59. The Hall–Kier alpha value is -0.240. The Balaban J connectivity index is 2.81. The quantitative estimate of drug-likeness (QED) is 0.751. The van der Waals surface area contributed by atoms with Gasteiger partial charge in [-0.25, -0.2) is 0 Å². The van der Waals surface area contributed by atoms with E-state index >= 15 is 0 Å². The van der Waals surface area contributed by atoms with Crippen LogP contribution in [0, 0.1) is 0 Å². The number of benzene rings is 1. The van der Waals surface area contributed by atoms with E-state index in [0.29, 0.717) is 0 Å². The molecule has 0 atom stereocenters. The fraction of sp³-hybridized carbons (Fsp3) is 0.400. The first-order valence-corrected chi connectivity index (χ1v) is 5.01. The molecule has 1 rings (SSSR count). The van der Waals surface area contributed by atoms with Gasteiger partial charge in [0.1, 0.15) is 0 Å². The molecule has 0 amide bonds. The molecule has 0 bridgehead atoms. The summed E-state index contributed by atoms with van der Waals surface area (Å²) in [5, 5.41) is 1.52. The lowest BCUT2D eigenvalue weighted by atomic mass is 10.2. The van der Waals surface area contributed by atoms with Crippen LogP contribution in [-0.4, -0.2) is 18.5 Å². The Kier molecular flexibility index (Phi) is 4.04. The van der Waals surface area contributed by atoms with Crippen LogP contribution in [0.15, 0.2) is 18.2 Å². The van der Waals surface area contributed by atoms with Crippen LogP contribution >= 0.6 is 23.2 Å². The van der Waals surface area contributed by atoms with E-state index in [0.717, 1.165) is 28.7 Å². The normalized spacial score (nSPS) is 10.8. The third-order valence-electron chi connectivity index (χ3n) is 1.99. The second-order valence-corrected chi connectivity index (χ2v) is 3.91. The van der Waals surface area contributed by atoms with Crippen LogP contribution in [0.5, 0.6) is 0 Å². The molecule has 0 saturated carbocycles. The second kappa shape index (κ2) is 4.85. The summed E-state index contributed by atoms with van der Waals surface area (Å²) in [4.78, 5) is 2.18. The predicted molar refractivity (Wildman–Crippen MR) is 58.5 cm³/mol. The molecule has 0 aliphatic heterocycles.